The van der Waals surface area contributed by atoms with Gasteiger partial charge in [-0.3, -0.25) is 14.1 Å². The number of Topliss-reactive ketones (excluding diaryl/α,β-unsaturated/α-hetero) is 1. The molecule has 0 aliphatic rings. The quantitative estimate of drug-likeness (QED) is 0.235. The summed E-state index contributed by atoms with van der Waals surface area (Å²) in [7, 11) is -4.31. The third kappa shape index (κ3) is 12.7. The van der Waals surface area contributed by atoms with Gasteiger partial charge in [-0.25, -0.2) is 0 Å². The van der Waals surface area contributed by atoms with E-state index in [1.54, 1.807) is 0 Å². The predicted octanol–water partition coefficient (Wildman–Crippen LogP) is -3.53. The molecule has 0 rings (SSSR count). The number of rotatable bonds is 4. The first-order valence-corrected chi connectivity index (χ1v) is 4.52. The third-order valence-electron chi connectivity index (χ3n) is 0.762. The first-order valence-electron chi connectivity index (χ1n) is 2.91. The largest absolute Gasteiger partial charge is 1.00 e. The first kappa shape index (κ1) is 16.1. The van der Waals surface area contributed by atoms with E-state index in [4.69, 9.17) is 4.55 Å². The Morgan fingerprint density at radius 1 is 1.46 bits per heavy atom. The molecule has 0 spiro atoms. The molecule has 0 radical (unpaired) electrons. The second-order valence-electron chi connectivity index (χ2n) is 2.09. The fourth-order valence-electron chi connectivity index (χ4n) is 0.394. The monoisotopic (exact) mass is 236 g/mol. The van der Waals surface area contributed by atoms with Crippen LogP contribution in [0.5, 0.6) is 0 Å². The summed E-state index contributed by atoms with van der Waals surface area (Å²) in [6.45, 7) is 1.16. The van der Waals surface area contributed by atoms with E-state index in [9.17, 15) is 18.0 Å². The molecule has 0 amide bonds. The van der Waals surface area contributed by atoms with Crippen molar-refractivity contribution in [2.24, 2.45) is 0 Å². The van der Waals surface area contributed by atoms with Gasteiger partial charge < -0.3 is 6.16 Å². The maximum absolute atomic E-state index is 10.5. The summed E-state index contributed by atoms with van der Waals surface area (Å²) in [5.74, 6) is -2.52. The Morgan fingerprint density at radius 2 is 1.92 bits per heavy atom. The number of hydrogen-bond donors (Lipinski definition) is 1. The Bertz CT molecular complexity index is 287. The molecule has 13 heavy (non-hydrogen) atoms. The molecule has 0 aromatic heterocycles. The van der Waals surface area contributed by atoms with Crippen LogP contribution < -0.4 is 51.4 Å². The van der Waals surface area contributed by atoms with Crippen LogP contribution in [0.4, 0.5) is 0 Å². The van der Waals surface area contributed by atoms with E-state index in [1.807, 2.05) is 0 Å². The zero-order chi connectivity index (χ0) is 9.78. The Hall–Kier alpha value is 0.686. The van der Waals surface area contributed by atoms with E-state index in [1.165, 1.54) is 0 Å². The molecule has 6 nitrogen and oxygen atoms in total. The van der Waals surface area contributed by atoms with E-state index in [0.29, 0.717) is 0 Å². The number of carbonyl (C=O) groups excluding carboxylic acids is 2. The minimum Gasteiger partial charge on any atom is -1.00 e. The van der Waals surface area contributed by atoms with Crippen molar-refractivity contribution in [3.05, 3.63) is 0 Å². The second-order valence-corrected chi connectivity index (χ2v) is 3.49. The zero-order valence-corrected chi connectivity index (χ0v) is 11.3. The average Bonchev–Trinajstić information content (AvgIpc) is 1.80. The summed E-state index contributed by atoms with van der Waals surface area (Å²) in [6, 6.07) is 0. The van der Waals surface area contributed by atoms with Gasteiger partial charge in [0.15, 0.2) is 0 Å². The standard InChI is InChI=1S/C5H8O6S.K.H/c1-4(6)2-5(7)11-3-12(8,9)10;;/h2-3H2,1H3,(H,8,9,10);;/q;+1;-1. The second kappa shape index (κ2) is 7.04. The molecule has 0 saturated carbocycles. The predicted molar refractivity (Wildman–Crippen MR) is 38.9 cm³/mol. The number of esters is 1. The molecule has 0 unspecified atom stereocenters. The summed E-state index contributed by atoms with van der Waals surface area (Å²) in [4.78, 5) is 20.7. The van der Waals surface area contributed by atoms with Crippen molar-refractivity contribution >= 4 is 21.9 Å². The Kier molecular flexibility index (Phi) is 8.74. The van der Waals surface area contributed by atoms with Gasteiger partial charge in [0.25, 0.3) is 0 Å². The van der Waals surface area contributed by atoms with Crippen LogP contribution in [0.25, 0.3) is 0 Å². The summed E-state index contributed by atoms with van der Waals surface area (Å²) >= 11 is 0. The van der Waals surface area contributed by atoms with Crippen LogP contribution >= 0.6 is 0 Å². The molecule has 1 N–H and O–H groups in total. The summed E-state index contributed by atoms with van der Waals surface area (Å²) in [6.07, 6.45) is -0.491. The summed E-state index contributed by atoms with van der Waals surface area (Å²) in [5.41, 5.74) is 0. The van der Waals surface area contributed by atoms with E-state index >= 15 is 0 Å². The number of ketones is 1. The summed E-state index contributed by atoms with van der Waals surface area (Å²) in [5, 5.41) is 0. The molecule has 0 aliphatic heterocycles. The van der Waals surface area contributed by atoms with Crippen molar-refractivity contribution in [3.8, 4) is 0 Å². The van der Waals surface area contributed by atoms with Crippen molar-refractivity contribution in [1.29, 1.82) is 0 Å². The Balaban J connectivity index is -0.000000605. The molecular formula is C5H9KO6S. The zero-order valence-electron chi connectivity index (χ0n) is 8.31. The first-order chi connectivity index (χ1) is 5.31. The molecule has 0 saturated heterocycles. The van der Waals surface area contributed by atoms with Crippen molar-refractivity contribution in [1.82, 2.24) is 0 Å². The van der Waals surface area contributed by atoms with Gasteiger partial charge in [0.1, 0.15) is 12.2 Å². The topological polar surface area (TPSA) is 97.7 Å². The van der Waals surface area contributed by atoms with E-state index in [-0.39, 0.29) is 52.8 Å². The Labute approximate surface area is 120 Å². The molecule has 0 aliphatic carbocycles. The molecule has 8 heteroatoms. The van der Waals surface area contributed by atoms with Gasteiger partial charge in [-0.2, -0.15) is 8.42 Å². The molecule has 0 bridgehead atoms. The van der Waals surface area contributed by atoms with Crippen LogP contribution in [0.3, 0.4) is 0 Å². The van der Waals surface area contributed by atoms with Crippen LogP contribution in [0.2, 0.25) is 0 Å². The smallest absolute Gasteiger partial charge is 1.00 e. The van der Waals surface area contributed by atoms with Crippen LogP contribution in [0.15, 0.2) is 0 Å². The van der Waals surface area contributed by atoms with Gasteiger partial charge >= 0.3 is 67.5 Å². The van der Waals surface area contributed by atoms with Crippen molar-refractivity contribution < 1.29 is 80.1 Å². The Morgan fingerprint density at radius 3 is 2.23 bits per heavy atom. The van der Waals surface area contributed by atoms with E-state index < -0.39 is 34.2 Å². The minimum absolute atomic E-state index is 0. The molecule has 72 valence electrons. The van der Waals surface area contributed by atoms with Crippen LogP contribution in [0, 0.1) is 0 Å². The fraction of sp³-hybridized carbons (Fsp3) is 0.600. The normalized spacial score (nSPS) is 10.0. The van der Waals surface area contributed by atoms with Gasteiger partial charge in [0.2, 0.25) is 5.94 Å². The maximum Gasteiger partial charge on any atom is 1.00 e. The van der Waals surface area contributed by atoms with Crippen LogP contribution in [-0.4, -0.2) is 30.7 Å². The number of ether oxygens (including phenoxy) is 1. The van der Waals surface area contributed by atoms with Crippen molar-refractivity contribution in [2.75, 3.05) is 5.94 Å². The average molecular weight is 236 g/mol. The van der Waals surface area contributed by atoms with E-state index in [2.05, 4.69) is 4.74 Å². The molecule has 0 aromatic rings. The van der Waals surface area contributed by atoms with Gasteiger partial charge in [-0.05, 0) is 6.92 Å². The van der Waals surface area contributed by atoms with Gasteiger partial charge in [0, 0.05) is 0 Å². The SMILES string of the molecule is CC(=O)CC(=O)OCS(=O)(=O)O.[H-].[K+]. The van der Waals surface area contributed by atoms with E-state index in [0.717, 1.165) is 6.92 Å². The number of carbonyl (C=O) groups is 2. The molecule has 0 aromatic carbocycles. The molecule has 0 heterocycles. The summed E-state index contributed by atoms with van der Waals surface area (Å²) < 4.78 is 32.2. The molecular weight excluding hydrogens is 227 g/mol. The minimum atomic E-state index is -4.31. The van der Waals surface area contributed by atoms with Gasteiger partial charge in [-0.1, -0.05) is 0 Å². The van der Waals surface area contributed by atoms with Crippen LogP contribution in [0.1, 0.15) is 14.8 Å². The number of hydrogen-bond acceptors (Lipinski definition) is 5. The van der Waals surface area contributed by atoms with Gasteiger partial charge in [0.05, 0.1) is 0 Å². The van der Waals surface area contributed by atoms with Gasteiger partial charge in [-0.15, -0.1) is 0 Å². The molecule has 0 fully saturated rings. The maximum atomic E-state index is 10.5. The molecule has 0 atom stereocenters. The van der Waals surface area contributed by atoms with Crippen molar-refractivity contribution in [3.63, 3.8) is 0 Å². The van der Waals surface area contributed by atoms with Crippen LogP contribution in [-0.2, 0) is 24.4 Å². The van der Waals surface area contributed by atoms with Crippen molar-refractivity contribution in [2.45, 2.75) is 13.3 Å². The fourth-order valence-corrected chi connectivity index (χ4v) is 0.675. The third-order valence-corrected chi connectivity index (χ3v) is 1.18.